The molecule has 4 heteroatoms. The number of hydrogen-bond acceptors (Lipinski definition) is 3. The van der Waals surface area contributed by atoms with Gasteiger partial charge < -0.3 is 14.7 Å². The molecule has 2 unspecified atom stereocenters. The van der Waals surface area contributed by atoms with E-state index in [1.807, 2.05) is 18.2 Å². The summed E-state index contributed by atoms with van der Waals surface area (Å²) in [5, 5.41) is 9.81. The molecule has 1 fully saturated rings. The minimum absolute atomic E-state index is 0.0245. The van der Waals surface area contributed by atoms with Crippen molar-refractivity contribution in [2.24, 2.45) is 0 Å². The van der Waals surface area contributed by atoms with Gasteiger partial charge in [0.1, 0.15) is 0 Å². The highest BCUT2D eigenvalue weighted by Gasteiger charge is 2.26. The highest BCUT2D eigenvalue weighted by atomic mass is 35.5. The van der Waals surface area contributed by atoms with Gasteiger partial charge in [-0.15, -0.1) is 0 Å². The number of hydrogen-bond donors (Lipinski definition) is 1. The molecule has 1 aliphatic rings. The topological polar surface area (TPSA) is 32.7 Å². The zero-order valence-corrected chi connectivity index (χ0v) is 11.7. The van der Waals surface area contributed by atoms with Gasteiger partial charge in [-0.2, -0.15) is 0 Å². The molecule has 1 N–H and O–H groups in total. The molecule has 1 heterocycles. The minimum Gasteiger partial charge on any atom is -0.392 e. The van der Waals surface area contributed by atoms with E-state index in [1.54, 1.807) is 0 Å². The Balaban J connectivity index is 2.27. The molecule has 100 valence electrons. The zero-order valence-electron chi connectivity index (χ0n) is 10.9. The quantitative estimate of drug-likeness (QED) is 0.916. The lowest BCUT2D eigenvalue weighted by Gasteiger charge is -2.40. The molecule has 0 spiro atoms. The van der Waals surface area contributed by atoms with E-state index in [4.69, 9.17) is 21.4 Å². The van der Waals surface area contributed by atoms with Gasteiger partial charge in [0.05, 0.1) is 36.1 Å². The number of morpholine rings is 1. The second kappa shape index (κ2) is 5.91. The van der Waals surface area contributed by atoms with E-state index < -0.39 is 0 Å². The SMILES string of the molecule is CCC1COC(C)CN1c1ccc(CO)cc1Cl. The van der Waals surface area contributed by atoms with E-state index in [0.29, 0.717) is 11.1 Å². The molecule has 18 heavy (non-hydrogen) atoms. The number of anilines is 1. The Bertz CT molecular complexity index is 411. The van der Waals surface area contributed by atoms with Gasteiger partial charge in [-0.1, -0.05) is 24.6 Å². The van der Waals surface area contributed by atoms with Crippen molar-refractivity contribution in [1.82, 2.24) is 0 Å². The second-order valence-electron chi connectivity index (χ2n) is 4.80. The van der Waals surface area contributed by atoms with Crippen LogP contribution in [0.15, 0.2) is 18.2 Å². The molecule has 3 nitrogen and oxygen atoms in total. The Hall–Kier alpha value is -0.770. The summed E-state index contributed by atoms with van der Waals surface area (Å²) in [6.45, 7) is 5.87. The summed E-state index contributed by atoms with van der Waals surface area (Å²) in [7, 11) is 0. The third-order valence-corrected chi connectivity index (χ3v) is 3.75. The number of benzene rings is 1. The van der Waals surface area contributed by atoms with Gasteiger partial charge in [0, 0.05) is 6.54 Å². The van der Waals surface area contributed by atoms with Crippen LogP contribution in [0.4, 0.5) is 5.69 Å². The van der Waals surface area contributed by atoms with Crippen molar-refractivity contribution in [2.75, 3.05) is 18.1 Å². The Kier molecular flexibility index (Phi) is 4.49. The number of ether oxygens (including phenoxy) is 1. The van der Waals surface area contributed by atoms with E-state index in [0.717, 1.165) is 30.8 Å². The fraction of sp³-hybridized carbons (Fsp3) is 0.571. The van der Waals surface area contributed by atoms with E-state index in [9.17, 15) is 0 Å². The summed E-state index contributed by atoms with van der Waals surface area (Å²) in [6, 6.07) is 6.13. The lowest BCUT2D eigenvalue weighted by atomic mass is 10.1. The molecule has 2 rings (SSSR count). The first-order chi connectivity index (χ1) is 8.65. The summed E-state index contributed by atoms with van der Waals surface area (Å²) in [6.07, 6.45) is 1.26. The Morgan fingerprint density at radius 1 is 1.50 bits per heavy atom. The first-order valence-corrected chi connectivity index (χ1v) is 6.81. The van der Waals surface area contributed by atoms with Gasteiger partial charge in [0.2, 0.25) is 0 Å². The van der Waals surface area contributed by atoms with Crippen LogP contribution in [0.2, 0.25) is 5.02 Å². The number of halogens is 1. The normalized spacial score (nSPS) is 24.3. The van der Waals surface area contributed by atoms with Crippen molar-refractivity contribution < 1.29 is 9.84 Å². The summed E-state index contributed by atoms with van der Waals surface area (Å²) >= 11 is 6.32. The first kappa shape index (κ1) is 13.7. The van der Waals surface area contributed by atoms with Crippen LogP contribution in [0.5, 0.6) is 0 Å². The molecule has 0 bridgehead atoms. The fourth-order valence-electron chi connectivity index (χ4n) is 2.36. The summed E-state index contributed by atoms with van der Waals surface area (Å²) < 4.78 is 5.69. The number of nitrogens with zero attached hydrogens (tertiary/aromatic N) is 1. The van der Waals surface area contributed by atoms with Crippen LogP contribution in [0.25, 0.3) is 0 Å². The van der Waals surface area contributed by atoms with Crippen LogP contribution in [0.1, 0.15) is 25.8 Å². The van der Waals surface area contributed by atoms with Crippen LogP contribution in [0.3, 0.4) is 0 Å². The zero-order chi connectivity index (χ0) is 13.1. The van der Waals surface area contributed by atoms with Crippen molar-refractivity contribution in [2.45, 2.75) is 39.0 Å². The largest absolute Gasteiger partial charge is 0.392 e. The van der Waals surface area contributed by atoms with Gasteiger partial charge in [-0.25, -0.2) is 0 Å². The molecule has 1 aromatic rings. The van der Waals surface area contributed by atoms with E-state index in [2.05, 4.69) is 18.7 Å². The van der Waals surface area contributed by atoms with Crippen LogP contribution in [0, 0.1) is 0 Å². The summed E-state index contributed by atoms with van der Waals surface area (Å²) in [5.74, 6) is 0. The second-order valence-corrected chi connectivity index (χ2v) is 5.21. The molecule has 1 aromatic carbocycles. The molecule has 0 aliphatic carbocycles. The highest BCUT2D eigenvalue weighted by Crippen LogP contribution is 2.31. The molecule has 1 saturated heterocycles. The Morgan fingerprint density at radius 3 is 2.89 bits per heavy atom. The van der Waals surface area contributed by atoms with Crippen LogP contribution in [-0.4, -0.2) is 30.4 Å². The maximum atomic E-state index is 9.11. The predicted octanol–water partition coefficient (Wildman–Crippen LogP) is 2.84. The third-order valence-electron chi connectivity index (χ3n) is 3.44. The number of rotatable bonds is 3. The molecule has 2 atom stereocenters. The minimum atomic E-state index is 0.0245. The Morgan fingerprint density at radius 2 is 2.28 bits per heavy atom. The molecular weight excluding hydrogens is 250 g/mol. The molecule has 0 saturated carbocycles. The van der Waals surface area contributed by atoms with Gasteiger partial charge in [-0.05, 0) is 31.0 Å². The number of aliphatic hydroxyl groups is 1. The van der Waals surface area contributed by atoms with Gasteiger partial charge in [0.15, 0.2) is 0 Å². The van der Waals surface area contributed by atoms with E-state index in [1.165, 1.54) is 0 Å². The monoisotopic (exact) mass is 269 g/mol. The highest BCUT2D eigenvalue weighted by molar-refractivity contribution is 6.33. The summed E-state index contributed by atoms with van der Waals surface area (Å²) in [4.78, 5) is 2.32. The van der Waals surface area contributed by atoms with Gasteiger partial charge in [0.25, 0.3) is 0 Å². The fourth-order valence-corrected chi connectivity index (χ4v) is 2.67. The third kappa shape index (κ3) is 2.79. The van der Waals surface area contributed by atoms with Crippen LogP contribution in [-0.2, 0) is 11.3 Å². The van der Waals surface area contributed by atoms with E-state index >= 15 is 0 Å². The molecular formula is C14H20ClNO2. The van der Waals surface area contributed by atoms with Crippen LogP contribution < -0.4 is 4.90 Å². The van der Waals surface area contributed by atoms with Crippen molar-refractivity contribution in [3.8, 4) is 0 Å². The smallest absolute Gasteiger partial charge is 0.0723 e. The number of aliphatic hydroxyl groups excluding tert-OH is 1. The molecule has 1 aliphatic heterocycles. The van der Waals surface area contributed by atoms with Gasteiger partial charge in [-0.3, -0.25) is 0 Å². The predicted molar refractivity (Wildman–Crippen MR) is 74.2 cm³/mol. The summed E-state index contributed by atoms with van der Waals surface area (Å²) in [5.41, 5.74) is 1.88. The van der Waals surface area contributed by atoms with Crippen molar-refractivity contribution in [3.63, 3.8) is 0 Å². The lowest BCUT2D eigenvalue weighted by Crippen LogP contribution is -2.48. The van der Waals surface area contributed by atoms with Crippen LogP contribution >= 0.6 is 11.6 Å². The first-order valence-electron chi connectivity index (χ1n) is 6.43. The van der Waals surface area contributed by atoms with E-state index in [-0.39, 0.29) is 12.7 Å². The lowest BCUT2D eigenvalue weighted by molar-refractivity contribution is 0.0299. The molecule has 0 aromatic heterocycles. The van der Waals surface area contributed by atoms with Crippen molar-refractivity contribution in [3.05, 3.63) is 28.8 Å². The molecule has 0 radical (unpaired) electrons. The average molecular weight is 270 g/mol. The maximum Gasteiger partial charge on any atom is 0.0723 e. The maximum absolute atomic E-state index is 9.11. The van der Waals surface area contributed by atoms with Crippen molar-refractivity contribution in [1.29, 1.82) is 0 Å². The Labute approximate surface area is 113 Å². The molecule has 0 amide bonds. The van der Waals surface area contributed by atoms with Crippen molar-refractivity contribution >= 4 is 17.3 Å². The van der Waals surface area contributed by atoms with Gasteiger partial charge >= 0.3 is 0 Å². The standard InChI is InChI=1S/C14H20ClNO2/c1-3-12-9-18-10(2)7-16(12)14-5-4-11(8-17)6-13(14)15/h4-6,10,12,17H,3,7-9H2,1-2H3. The average Bonchev–Trinajstić information content (AvgIpc) is 2.38.